The zero-order valence-electron chi connectivity index (χ0n) is 14.2. The molecule has 0 radical (unpaired) electrons. The van der Waals surface area contributed by atoms with Crippen molar-refractivity contribution in [1.29, 1.82) is 10.5 Å². The maximum Gasteiger partial charge on any atom is 0.573 e. The van der Waals surface area contributed by atoms with Crippen LogP contribution in [-0.2, 0) is 0 Å². The minimum Gasteiger partial charge on any atom is -0.504 e. The van der Waals surface area contributed by atoms with Crippen LogP contribution in [0.25, 0.3) is 0 Å². The zero-order valence-corrected chi connectivity index (χ0v) is 14.2. The number of rotatable bonds is 2. The third kappa shape index (κ3) is 3.70. The number of anilines is 3. The van der Waals surface area contributed by atoms with E-state index in [0.29, 0.717) is 0 Å². The molecule has 7 N–H and O–H groups in total. The Balaban J connectivity index is 2.20. The van der Waals surface area contributed by atoms with Crippen LogP contribution in [0.15, 0.2) is 23.2 Å². The van der Waals surface area contributed by atoms with Crippen LogP contribution in [0.1, 0.15) is 22.7 Å². The first-order valence-corrected chi connectivity index (χ1v) is 7.72. The van der Waals surface area contributed by atoms with Gasteiger partial charge in [0.2, 0.25) is 5.96 Å². The molecule has 1 aromatic heterocycles. The van der Waals surface area contributed by atoms with Crippen LogP contribution in [-0.4, -0.2) is 22.4 Å². The lowest BCUT2D eigenvalue weighted by Gasteiger charge is -2.26. The highest BCUT2D eigenvalue weighted by molar-refractivity contribution is 5.98. The monoisotopic (exact) mass is 404 g/mol. The SMILES string of the molecule is N#CNC1=NC(c2ccc(O)c(OC(F)(F)F)c2)c2c(nc(N)c(C#N)c2N)N1. The van der Waals surface area contributed by atoms with Crippen molar-refractivity contribution in [2.24, 2.45) is 4.99 Å². The fraction of sp³-hybridized carbons (Fsp3) is 0.125. The van der Waals surface area contributed by atoms with E-state index in [1.807, 2.05) is 0 Å². The van der Waals surface area contributed by atoms with E-state index in [4.69, 9.17) is 16.7 Å². The Morgan fingerprint density at radius 2 is 2.00 bits per heavy atom. The molecule has 0 saturated heterocycles. The molecule has 0 saturated carbocycles. The van der Waals surface area contributed by atoms with Gasteiger partial charge in [0.05, 0.1) is 5.69 Å². The molecule has 148 valence electrons. The van der Waals surface area contributed by atoms with Crippen molar-refractivity contribution < 1.29 is 23.0 Å². The number of aromatic nitrogens is 1. The Morgan fingerprint density at radius 3 is 2.62 bits per heavy atom. The highest BCUT2D eigenvalue weighted by Gasteiger charge is 2.34. The molecule has 13 heteroatoms. The van der Waals surface area contributed by atoms with E-state index in [2.05, 4.69) is 25.3 Å². The second-order valence-corrected chi connectivity index (χ2v) is 5.68. The third-order valence-electron chi connectivity index (χ3n) is 3.88. The van der Waals surface area contributed by atoms with Crippen LogP contribution in [0.2, 0.25) is 0 Å². The van der Waals surface area contributed by atoms with Gasteiger partial charge in [-0.2, -0.15) is 10.5 Å². The largest absolute Gasteiger partial charge is 0.573 e. The predicted molar refractivity (Wildman–Crippen MR) is 94.2 cm³/mol. The molecule has 2 aromatic rings. The summed E-state index contributed by atoms with van der Waals surface area (Å²) >= 11 is 0. The van der Waals surface area contributed by atoms with Crippen molar-refractivity contribution in [3.05, 3.63) is 34.9 Å². The molecule has 0 amide bonds. The number of pyridine rings is 1. The number of ether oxygens (including phenoxy) is 1. The first-order chi connectivity index (χ1) is 13.6. The molecule has 1 atom stereocenters. The van der Waals surface area contributed by atoms with Crippen LogP contribution in [0.4, 0.5) is 30.5 Å². The summed E-state index contributed by atoms with van der Waals surface area (Å²) in [5, 5.41) is 32.7. The number of nitrogens with two attached hydrogens (primary N) is 2. The average molecular weight is 404 g/mol. The van der Waals surface area contributed by atoms with Crippen LogP contribution in [0.3, 0.4) is 0 Å². The lowest BCUT2D eigenvalue weighted by molar-refractivity contribution is -0.275. The summed E-state index contributed by atoms with van der Waals surface area (Å²) in [4.78, 5) is 8.23. The van der Waals surface area contributed by atoms with Crippen molar-refractivity contribution >= 4 is 23.3 Å². The summed E-state index contributed by atoms with van der Waals surface area (Å²) in [6.45, 7) is 0. The van der Waals surface area contributed by atoms with Gasteiger partial charge < -0.3 is 26.6 Å². The molecule has 0 aliphatic carbocycles. The fourth-order valence-electron chi connectivity index (χ4n) is 2.73. The molecule has 1 aromatic carbocycles. The minimum atomic E-state index is -5.04. The number of nitrogens with zero attached hydrogens (tertiary/aromatic N) is 4. The maximum atomic E-state index is 12.6. The van der Waals surface area contributed by atoms with Crippen molar-refractivity contribution in [2.75, 3.05) is 16.8 Å². The summed E-state index contributed by atoms with van der Waals surface area (Å²) in [6, 6.07) is 3.90. The molecule has 1 unspecified atom stereocenters. The van der Waals surface area contributed by atoms with Gasteiger partial charge in [0, 0.05) is 5.56 Å². The molecular formula is C16H11F3N8O2. The number of nitrogen functional groups attached to an aromatic ring is 2. The normalized spacial score (nSPS) is 15.2. The smallest absolute Gasteiger partial charge is 0.504 e. The highest BCUT2D eigenvalue weighted by Crippen LogP contribution is 2.42. The molecule has 2 heterocycles. The van der Waals surface area contributed by atoms with Crippen molar-refractivity contribution in [3.8, 4) is 23.8 Å². The molecular weight excluding hydrogens is 393 g/mol. The molecule has 0 spiro atoms. The molecule has 1 aliphatic rings. The van der Waals surface area contributed by atoms with Gasteiger partial charge in [-0.3, -0.25) is 5.32 Å². The number of halogens is 3. The summed E-state index contributed by atoms with van der Waals surface area (Å²) in [5.74, 6) is -1.81. The van der Waals surface area contributed by atoms with E-state index in [9.17, 15) is 23.5 Å². The number of aliphatic imine (C=N–C) groups is 1. The molecule has 1 aliphatic heterocycles. The van der Waals surface area contributed by atoms with Crippen molar-refractivity contribution in [1.82, 2.24) is 10.3 Å². The molecule has 29 heavy (non-hydrogen) atoms. The topological polar surface area (TPSA) is 178 Å². The summed E-state index contributed by atoms with van der Waals surface area (Å²) in [5.41, 5.74) is 11.8. The third-order valence-corrected chi connectivity index (χ3v) is 3.88. The minimum absolute atomic E-state index is 0.0584. The number of hydrogen-bond donors (Lipinski definition) is 5. The number of fused-ring (bicyclic) bond motifs is 1. The van der Waals surface area contributed by atoms with Gasteiger partial charge in [-0.15, -0.1) is 13.2 Å². The van der Waals surface area contributed by atoms with E-state index in [-0.39, 0.29) is 40.0 Å². The van der Waals surface area contributed by atoms with Gasteiger partial charge in [0.25, 0.3) is 0 Å². The number of benzene rings is 1. The van der Waals surface area contributed by atoms with Gasteiger partial charge in [-0.25, -0.2) is 9.98 Å². The van der Waals surface area contributed by atoms with E-state index in [1.54, 1.807) is 12.3 Å². The van der Waals surface area contributed by atoms with Gasteiger partial charge in [-0.05, 0) is 17.7 Å². The fourth-order valence-corrected chi connectivity index (χ4v) is 2.73. The van der Waals surface area contributed by atoms with E-state index in [0.717, 1.165) is 12.1 Å². The molecule has 3 rings (SSSR count). The van der Waals surface area contributed by atoms with E-state index >= 15 is 0 Å². The van der Waals surface area contributed by atoms with Crippen molar-refractivity contribution in [2.45, 2.75) is 12.4 Å². The molecule has 0 fully saturated rings. The van der Waals surface area contributed by atoms with E-state index in [1.165, 1.54) is 6.07 Å². The van der Waals surface area contributed by atoms with Crippen LogP contribution >= 0.6 is 0 Å². The summed E-state index contributed by atoms with van der Waals surface area (Å²) in [7, 11) is 0. The molecule has 10 nitrogen and oxygen atoms in total. The van der Waals surface area contributed by atoms with Gasteiger partial charge >= 0.3 is 6.36 Å². The maximum absolute atomic E-state index is 12.6. The Labute approximate surface area is 160 Å². The Bertz CT molecular complexity index is 1100. The quantitative estimate of drug-likeness (QED) is 0.368. The number of phenolic OH excluding ortho intramolecular Hbond substituents is 1. The number of phenols is 1. The lowest BCUT2D eigenvalue weighted by Crippen LogP contribution is -2.32. The number of nitrogens with one attached hydrogen (secondary N) is 2. The molecule has 0 bridgehead atoms. The zero-order chi connectivity index (χ0) is 21.3. The standard InChI is InChI=1S/C16H11F3N8O2/c17-16(18,19)29-9-3-6(1-2-8(9)28)12-10-11(22)7(4-20)13(23)26-14(10)27-15(25-12)24-5-21/h1-3,12,28H,(H6,22,23,24,25,26,27). The van der Waals surface area contributed by atoms with Crippen molar-refractivity contribution in [3.63, 3.8) is 0 Å². The van der Waals surface area contributed by atoms with Gasteiger partial charge in [0.15, 0.2) is 17.7 Å². The second kappa shape index (κ2) is 6.97. The van der Waals surface area contributed by atoms with Gasteiger partial charge in [0.1, 0.15) is 29.3 Å². The number of nitriles is 2. The summed E-state index contributed by atoms with van der Waals surface area (Å²) < 4.78 is 41.6. The Hall–Kier alpha value is -4.39. The van der Waals surface area contributed by atoms with Gasteiger partial charge in [-0.1, -0.05) is 6.07 Å². The van der Waals surface area contributed by atoms with E-state index < -0.39 is 23.9 Å². The van der Waals surface area contributed by atoms with Crippen LogP contribution in [0.5, 0.6) is 11.5 Å². The second-order valence-electron chi connectivity index (χ2n) is 5.68. The number of hydrogen-bond acceptors (Lipinski definition) is 10. The summed E-state index contributed by atoms with van der Waals surface area (Å²) in [6.07, 6.45) is -3.40. The predicted octanol–water partition coefficient (Wildman–Crippen LogP) is 1.66. The lowest BCUT2D eigenvalue weighted by atomic mass is 9.95. The number of guanidine groups is 1. The van der Waals surface area contributed by atoms with Crippen LogP contribution in [0, 0.1) is 22.8 Å². The number of aromatic hydroxyl groups is 1. The van der Waals surface area contributed by atoms with Crippen LogP contribution < -0.4 is 26.8 Å². The average Bonchev–Trinajstić information content (AvgIpc) is 2.62. The Morgan fingerprint density at radius 1 is 1.28 bits per heavy atom. The first-order valence-electron chi connectivity index (χ1n) is 7.72. The number of alkyl halides is 3. The Kier molecular flexibility index (Phi) is 4.66. The highest BCUT2D eigenvalue weighted by atomic mass is 19.4. The first kappa shape index (κ1) is 19.4.